The highest BCUT2D eigenvalue weighted by Crippen LogP contribution is 2.49. The van der Waals surface area contributed by atoms with Crippen LogP contribution in [0.15, 0.2) is 6.33 Å². The van der Waals surface area contributed by atoms with Gasteiger partial charge >= 0.3 is 5.95 Å². The Morgan fingerprint density at radius 3 is 2.95 bits per heavy atom. The Morgan fingerprint density at radius 2 is 2.38 bits per heavy atom. The van der Waals surface area contributed by atoms with Gasteiger partial charge in [0.2, 0.25) is 12.2 Å². The molecule has 1 aromatic heterocycles. The van der Waals surface area contributed by atoms with Crippen LogP contribution < -0.4 is 5.32 Å². The van der Waals surface area contributed by atoms with Crippen molar-refractivity contribution >= 4 is 11.9 Å². The number of nitro groups is 1. The van der Waals surface area contributed by atoms with Gasteiger partial charge in [-0.3, -0.25) is 4.79 Å². The van der Waals surface area contributed by atoms with E-state index in [1.54, 1.807) is 0 Å². The first-order valence-corrected chi connectivity index (χ1v) is 7.36. The maximum atomic E-state index is 12.0. The normalized spacial score (nSPS) is 28.5. The van der Waals surface area contributed by atoms with Gasteiger partial charge < -0.3 is 15.4 Å². The lowest BCUT2D eigenvalue weighted by Crippen LogP contribution is -2.41. The minimum Gasteiger partial charge on any atom is -0.390 e. The first-order chi connectivity index (χ1) is 10.0. The Balaban J connectivity index is 1.52. The van der Waals surface area contributed by atoms with Crippen molar-refractivity contribution in [1.29, 1.82) is 0 Å². The topological polar surface area (TPSA) is 103 Å². The lowest BCUT2D eigenvalue weighted by atomic mass is 9.84. The van der Waals surface area contributed by atoms with Crippen LogP contribution >= 0.6 is 0 Å². The largest absolute Gasteiger partial charge is 0.490 e. The Bertz CT molecular complexity index is 558. The maximum Gasteiger partial charge on any atom is 0.490 e. The van der Waals surface area contributed by atoms with Gasteiger partial charge in [-0.05, 0) is 48.9 Å². The molecule has 0 aromatic carbocycles. The van der Waals surface area contributed by atoms with Gasteiger partial charge in [-0.2, -0.15) is 4.68 Å². The van der Waals surface area contributed by atoms with E-state index in [9.17, 15) is 14.9 Å². The predicted molar refractivity (Wildman–Crippen MR) is 73.2 cm³/mol. The van der Waals surface area contributed by atoms with Gasteiger partial charge in [-0.1, -0.05) is 11.4 Å². The van der Waals surface area contributed by atoms with Crippen molar-refractivity contribution in [2.45, 2.75) is 45.2 Å². The molecular weight excluding hydrogens is 274 g/mol. The number of aromatic nitrogens is 3. The number of hydrogen-bond acceptors (Lipinski definition) is 5. The van der Waals surface area contributed by atoms with Crippen LogP contribution in [0.1, 0.15) is 32.6 Å². The van der Waals surface area contributed by atoms with Crippen LogP contribution in [0, 0.1) is 27.9 Å². The molecule has 2 fully saturated rings. The minimum atomic E-state index is -0.674. The molecule has 8 nitrogen and oxygen atoms in total. The zero-order chi connectivity index (χ0) is 15.0. The van der Waals surface area contributed by atoms with E-state index in [0.717, 1.165) is 11.8 Å². The molecule has 3 rings (SSSR count). The Kier molecular flexibility index (Phi) is 3.60. The fourth-order valence-corrected chi connectivity index (χ4v) is 3.90. The molecule has 8 heteroatoms. The third-order valence-corrected chi connectivity index (χ3v) is 4.82. The van der Waals surface area contributed by atoms with E-state index < -0.39 is 10.9 Å². The summed E-state index contributed by atoms with van der Waals surface area (Å²) in [6.07, 6.45) is 6.34. The van der Waals surface area contributed by atoms with E-state index >= 15 is 0 Å². The van der Waals surface area contributed by atoms with Crippen LogP contribution in [0.2, 0.25) is 0 Å². The van der Waals surface area contributed by atoms with Crippen LogP contribution in [0.25, 0.3) is 0 Å². The molecule has 21 heavy (non-hydrogen) atoms. The molecule has 114 valence electrons. The monoisotopic (exact) mass is 293 g/mol. The third kappa shape index (κ3) is 2.88. The van der Waals surface area contributed by atoms with E-state index in [4.69, 9.17) is 0 Å². The van der Waals surface area contributed by atoms with Crippen molar-refractivity contribution in [2.75, 3.05) is 0 Å². The molecule has 0 unspecified atom stereocenters. The van der Waals surface area contributed by atoms with E-state index in [1.165, 1.54) is 36.7 Å². The second-order valence-corrected chi connectivity index (χ2v) is 6.19. The predicted octanol–water partition coefficient (Wildman–Crippen LogP) is 1.13. The average molecular weight is 293 g/mol. The highest BCUT2D eigenvalue weighted by Gasteiger charge is 2.42. The molecule has 0 radical (unpaired) electrons. The maximum absolute atomic E-state index is 12.0. The third-order valence-electron chi connectivity index (χ3n) is 4.82. The number of nitrogens with one attached hydrogen (secondary N) is 1. The molecule has 0 aliphatic heterocycles. The van der Waals surface area contributed by atoms with Crippen molar-refractivity contribution in [3.8, 4) is 0 Å². The molecule has 2 saturated carbocycles. The van der Waals surface area contributed by atoms with Crippen LogP contribution in [-0.2, 0) is 11.3 Å². The van der Waals surface area contributed by atoms with Crippen LogP contribution in [0.4, 0.5) is 5.95 Å². The van der Waals surface area contributed by atoms with Gasteiger partial charge in [0.15, 0.2) is 0 Å². The Morgan fingerprint density at radius 1 is 1.57 bits per heavy atom. The number of carbonyl (C=O) groups is 1. The summed E-state index contributed by atoms with van der Waals surface area (Å²) in [4.78, 5) is 25.3. The number of nitrogens with zero attached hydrogens (tertiary/aromatic N) is 4. The van der Waals surface area contributed by atoms with Crippen molar-refractivity contribution in [1.82, 2.24) is 20.1 Å². The number of fused-ring (bicyclic) bond motifs is 2. The molecule has 1 amide bonds. The zero-order valence-electron chi connectivity index (χ0n) is 11.9. The molecule has 0 spiro atoms. The molecule has 1 aromatic rings. The average Bonchev–Trinajstić information content (AvgIpc) is 3.13. The van der Waals surface area contributed by atoms with Crippen molar-refractivity contribution < 1.29 is 9.72 Å². The SMILES string of the molecule is C[C@H](NC(=O)Cn1cnc([N+](=O)[O-])n1)[C@@H]1C[C@@H]2CC[C@@H]1C2. The summed E-state index contributed by atoms with van der Waals surface area (Å²) < 4.78 is 1.20. The summed E-state index contributed by atoms with van der Waals surface area (Å²) in [5.41, 5.74) is 0. The zero-order valence-corrected chi connectivity index (χ0v) is 11.9. The lowest BCUT2D eigenvalue weighted by molar-refractivity contribution is -0.394. The number of amides is 1. The Hall–Kier alpha value is -1.99. The van der Waals surface area contributed by atoms with Gasteiger partial charge in [0.1, 0.15) is 6.54 Å². The van der Waals surface area contributed by atoms with Gasteiger partial charge in [-0.25, -0.2) is 0 Å². The summed E-state index contributed by atoms with van der Waals surface area (Å²) in [5, 5.41) is 17.1. The molecule has 0 saturated heterocycles. The summed E-state index contributed by atoms with van der Waals surface area (Å²) >= 11 is 0. The molecule has 1 heterocycles. The van der Waals surface area contributed by atoms with Gasteiger partial charge in [0.25, 0.3) is 0 Å². The highest BCUT2D eigenvalue weighted by atomic mass is 16.6. The molecular formula is C13H19N5O3. The summed E-state index contributed by atoms with van der Waals surface area (Å²) in [7, 11) is 0. The fraction of sp³-hybridized carbons (Fsp3) is 0.769. The van der Waals surface area contributed by atoms with Crippen LogP contribution in [0.5, 0.6) is 0 Å². The lowest BCUT2D eigenvalue weighted by Gasteiger charge is -2.28. The first-order valence-electron chi connectivity index (χ1n) is 7.36. The Labute approximate surface area is 122 Å². The highest BCUT2D eigenvalue weighted by molar-refractivity contribution is 5.75. The second kappa shape index (κ2) is 5.42. The van der Waals surface area contributed by atoms with E-state index in [2.05, 4.69) is 15.4 Å². The standard InChI is InChI=1S/C13H19N5O3/c1-8(11-5-9-2-3-10(11)4-9)15-12(19)6-17-7-14-13(16-17)18(20)21/h7-11H,2-6H2,1H3,(H,15,19)/t8-,9+,10+,11-/m0/s1. The first kappa shape index (κ1) is 14.0. The summed E-state index contributed by atoms with van der Waals surface area (Å²) in [6.45, 7) is 2.01. The molecule has 1 N–H and O–H groups in total. The van der Waals surface area contributed by atoms with E-state index in [-0.39, 0.29) is 18.5 Å². The molecule has 4 atom stereocenters. The molecule has 2 bridgehead atoms. The fourth-order valence-electron chi connectivity index (χ4n) is 3.90. The smallest absolute Gasteiger partial charge is 0.390 e. The van der Waals surface area contributed by atoms with Crippen molar-refractivity contribution in [3.63, 3.8) is 0 Å². The minimum absolute atomic E-state index is 0.0357. The van der Waals surface area contributed by atoms with Crippen molar-refractivity contribution in [2.24, 2.45) is 17.8 Å². The molecule has 2 aliphatic carbocycles. The number of hydrogen-bond donors (Lipinski definition) is 1. The summed E-state index contributed by atoms with van der Waals surface area (Å²) in [6, 6.07) is 0.145. The van der Waals surface area contributed by atoms with Crippen LogP contribution in [-0.4, -0.2) is 31.6 Å². The van der Waals surface area contributed by atoms with Gasteiger partial charge in [0, 0.05) is 11.1 Å². The van der Waals surface area contributed by atoms with Gasteiger partial charge in [-0.15, -0.1) is 0 Å². The van der Waals surface area contributed by atoms with E-state index in [1.807, 2.05) is 6.92 Å². The van der Waals surface area contributed by atoms with Crippen LogP contribution in [0.3, 0.4) is 0 Å². The van der Waals surface area contributed by atoms with Gasteiger partial charge in [0.05, 0.1) is 0 Å². The van der Waals surface area contributed by atoms with Crippen molar-refractivity contribution in [3.05, 3.63) is 16.4 Å². The van der Waals surface area contributed by atoms with E-state index in [0.29, 0.717) is 5.92 Å². The number of rotatable bonds is 5. The second-order valence-electron chi connectivity index (χ2n) is 6.19. The molecule has 2 aliphatic rings. The summed E-state index contributed by atoms with van der Waals surface area (Å²) in [5.74, 6) is 1.50. The number of carbonyl (C=O) groups excluding carboxylic acids is 1. The quantitative estimate of drug-likeness (QED) is 0.647.